The molecule has 0 radical (unpaired) electrons. The summed E-state index contributed by atoms with van der Waals surface area (Å²) in [7, 11) is 1.73. The summed E-state index contributed by atoms with van der Waals surface area (Å²) in [4.78, 5) is 0. The van der Waals surface area contributed by atoms with Gasteiger partial charge in [0.1, 0.15) is 17.1 Å². The third kappa shape index (κ3) is 1.57. The molecule has 3 aromatic carbocycles. The van der Waals surface area contributed by atoms with Crippen molar-refractivity contribution in [3.05, 3.63) is 65.9 Å². The summed E-state index contributed by atoms with van der Waals surface area (Å²) in [5.74, 6) is 1.90. The molecule has 3 aromatic heterocycles. The van der Waals surface area contributed by atoms with Gasteiger partial charge in [-0.25, -0.2) is 0 Å². The molecule has 0 bridgehead atoms. The molecule has 0 saturated carbocycles. The zero-order chi connectivity index (χ0) is 18.4. The van der Waals surface area contributed by atoms with Gasteiger partial charge in [-0.15, -0.1) is 0 Å². The fraction of sp³-hybridized carbons (Fsp3) is 0.120. The standard InChI is InChI=1S/C25H17NO2/c1-27-14-10-11-21-17(12-14)18-13-19-15-6-3-5-9-22(15)28-25(19)23-16-7-2-4-8-20(16)26(21)24(18)23/h2,4-5,7-13H,3,6H2,1H3. The van der Waals surface area contributed by atoms with E-state index in [1.807, 2.05) is 6.07 Å². The molecule has 1 aliphatic carbocycles. The molecule has 6 aromatic rings. The van der Waals surface area contributed by atoms with Crippen molar-refractivity contribution in [2.24, 2.45) is 0 Å². The number of benzene rings is 3. The van der Waals surface area contributed by atoms with Crippen molar-refractivity contribution in [3.8, 4) is 5.75 Å². The zero-order valence-corrected chi connectivity index (χ0v) is 15.5. The Hall–Kier alpha value is -3.46. The molecule has 0 spiro atoms. The van der Waals surface area contributed by atoms with Gasteiger partial charge in [-0.1, -0.05) is 24.3 Å². The molecule has 1 aliphatic rings. The van der Waals surface area contributed by atoms with Crippen LogP contribution in [0.4, 0.5) is 0 Å². The van der Waals surface area contributed by atoms with Crippen LogP contribution in [0, 0.1) is 0 Å². The van der Waals surface area contributed by atoms with Crippen LogP contribution in [-0.4, -0.2) is 11.5 Å². The van der Waals surface area contributed by atoms with E-state index in [1.165, 1.54) is 49.0 Å². The van der Waals surface area contributed by atoms with Gasteiger partial charge < -0.3 is 13.6 Å². The molecule has 0 N–H and O–H groups in total. The van der Waals surface area contributed by atoms with E-state index in [1.54, 1.807) is 7.11 Å². The minimum Gasteiger partial charge on any atom is -0.497 e. The summed E-state index contributed by atoms with van der Waals surface area (Å²) >= 11 is 0. The van der Waals surface area contributed by atoms with Crippen LogP contribution in [0.15, 0.2) is 59.0 Å². The van der Waals surface area contributed by atoms with Gasteiger partial charge in [0, 0.05) is 27.1 Å². The van der Waals surface area contributed by atoms with Gasteiger partial charge in [0.15, 0.2) is 0 Å². The Balaban J connectivity index is 1.84. The molecular formula is C25H17NO2. The minimum absolute atomic E-state index is 0.888. The van der Waals surface area contributed by atoms with Crippen LogP contribution in [0.5, 0.6) is 5.75 Å². The number of fused-ring (bicyclic) bond motifs is 10. The van der Waals surface area contributed by atoms with E-state index in [4.69, 9.17) is 9.15 Å². The van der Waals surface area contributed by atoms with Crippen molar-refractivity contribution in [1.29, 1.82) is 0 Å². The molecule has 0 atom stereocenters. The average molecular weight is 363 g/mol. The van der Waals surface area contributed by atoms with Gasteiger partial charge in [0.05, 0.1) is 29.0 Å². The summed E-state index contributed by atoms with van der Waals surface area (Å²) in [6.45, 7) is 0. The Morgan fingerprint density at radius 1 is 0.929 bits per heavy atom. The summed E-state index contributed by atoms with van der Waals surface area (Å²) in [6.07, 6.45) is 6.44. The van der Waals surface area contributed by atoms with Crippen LogP contribution >= 0.6 is 0 Å². The van der Waals surface area contributed by atoms with E-state index in [2.05, 4.69) is 59.0 Å². The van der Waals surface area contributed by atoms with E-state index >= 15 is 0 Å². The number of nitrogens with zero attached hydrogens (tertiary/aromatic N) is 1. The lowest BCUT2D eigenvalue weighted by molar-refractivity contribution is 0.415. The summed E-state index contributed by atoms with van der Waals surface area (Å²) in [5.41, 5.74) is 6.03. The minimum atomic E-state index is 0.888. The lowest BCUT2D eigenvalue weighted by atomic mass is 9.98. The molecule has 7 rings (SSSR count). The molecule has 0 amide bonds. The first-order valence-electron chi connectivity index (χ1n) is 9.72. The van der Waals surface area contributed by atoms with Crippen molar-refractivity contribution >= 4 is 55.1 Å². The van der Waals surface area contributed by atoms with Gasteiger partial charge in [-0.05, 0) is 49.2 Å². The average Bonchev–Trinajstić information content (AvgIpc) is 3.38. The SMILES string of the molecule is COc1ccc2c(c1)c1cc3c4c(oc3c3c5ccccc5n2c13)C=CCC4. The van der Waals surface area contributed by atoms with Crippen LogP contribution in [0.2, 0.25) is 0 Å². The van der Waals surface area contributed by atoms with Crippen LogP contribution < -0.4 is 4.74 Å². The van der Waals surface area contributed by atoms with Gasteiger partial charge in [-0.2, -0.15) is 0 Å². The number of allylic oxidation sites excluding steroid dienone is 1. The van der Waals surface area contributed by atoms with Crippen LogP contribution in [0.25, 0.3) is 55.1 Å². The predicted octanol–water partition coefficient (Wildman–Crippen LogP) is 6.55. The van der Waals surface area contributed by atoms with Gasteiger partial charge in [0.25, 0.3) is 0 Å². The van der Waals surface area contributed by atoms with E-state index in [-0.39, 0.29) is 0 Å². The third-order valence-electron chi connectivity index (χ3n) is 6.29. The smallest absolute Gasteiger partial charge is 0.145 e. The maximum atomic E-state index is 6.43. The van der Waals surface area contributed by atoms with E-state index < -0.39 is 0 Å². The van der Waals surface area contributed by atoms with Gasteiger partial charge in [-0.3, -0.25) is 0 Å². The molecule has 0 unspecified atom stereocenters. The maximum absolute atomic E-state index is 6.43. The summed E-state index contributed by atoms with van der Waals surface area (Å²) < 4.78 is 14.3. The quantitative estimate of drug-likeness (QED) is 0.331. The second-order valence-corrected chi connectivity index (χ2v) is 7.65. The van der Waals surface area contributed by atoms with Crippen molar-refractivity contribution in [1.82, 2.24) is 4.40 Å². The number of ether oxygens (including phenoxy) is 1. The molecule has 3 nitrogen and oxygen atoms in total. The number of aryl methyl sites for hydroxylation is 1. The fourth-order valence-electron chi connectivity index (χ4n) is 5.09. The maximum Gasteiger partial charge on any atom is 0.145 e. The number of hydrogen-bond acceptors (Lipinski definition) is 2. The summed E-state index contributed by atoms with van der Waals surface area (Å²) in [6, 6.07) is 17.3. The monoisotopic (exact) mass is 363 g/mol. The number of methoxy groups -OCH3 is 1. The zero-order valence-electron chi connectivity index (χ0n) is 15.5. The lowest BCUT2D eigenvalue weighted by Crippen LogP contribution is -1.89. The van der Waals surface area contributed by atoms with Crippen LogP contribution in [0.3, 0.4) is 0 Å². The number of rotatable bonds is 1. The molecule has 0 aliphatic heterocycles. The summed E-state index contributed by atoms with van der Waals surface area (Å²) in [5, 5.41) is 6.22. The van der Waals surface area contributed by atoms with E-state index in [0.29, 0.717) is 0 Å². The first kappa shape index (κ1) is 14.6. The number of hydrogen-bond donors (Lipinski definition) is 0. The molecule has 0 fully saturated rings. The van der Waals surface area contributed by atoms with Crippen LogP contribution in [-0.2, 0) is 6.42 Å². The second kappa shape index (κ2) is 4.87. The highest BCUT2D eigenvalue weighted by Gasteiger charge is 2.24. The first-order valence-corrected chi connectivity index (χ1v) is 9.72. The lowest BCUT2D eigenvalue weighted by Gasteiger charge is -2.03. The normalized spacial score (nSPS) is 14.2. The number of furan rings is 1. The predicted molar refractivity (Wildman–Crippen MR) is 115 cm³/mol. The van der Waals surface area contributed by atoms with Crippen molar-refractivity contribution in [2.75, 3.05) is 7.11 Å². The Morgan fingerprint density at radius 3 is 2.75 bits per heavy atom. The third-order valence-corrected chi connectivity index (χ3v) is 6.29. The van der Waals surface area contributed by atoms with Gasteiger partial charge >= 0.3 is 0 Å². The topological polar surface area (TPSA) is 26.8 Å². The Bertz CT molecular complexity index is 1600. The Morgan fingerprint density at radius 2 is 1.82 bits per heavy atom. The highest BCUT2D eigenvalue weighted by Crippen LogP contribution is 2.46. The first-order chi connectivity index (χ1) is 13.8. The molecule has 0 saturated heterocycles. The number of aromatic nitrogens is 1. The van der Waals surface area contributed by atoms with E-state index in [9.17, 15) is 0 Å². The second-order valence-electron chi connectivity index (χ2n) is 7.65. The highest BCUT2D eigenvalue weighted by atomic mass is 16.5. The molecule has 3 heterocycles. The van der Waals surface area contributed by atoms with Crippen molar-refractivity contribution < 1.29 is 9.15 Å². The van der Waals surface area contributed by atoms with E-state index in [0.717, 1.165) is 29.9 Å². The van der Waals surface area contributed by atoms with Crippen molar-refractivity contribution in [2.45, 2.75) is 12.8 Å². The fourth-order valence-corrected chi connectivity index (χ4v) is 5.09. The van der Waals surface area contributed by atoms with Crippen LogP contribution in [0.1, 0.15) is 17.7 Å². The molecule has 3 heteroatoms. The Kier molecular flexibility index (Phi) is 2.54. The largest absolute Gasteiger partial charge is 0.497 e. The molecule has 134 valence electrons. The highest BCUT2D eigenvalue weighted by molar-refractivity contribution is 6.30. The molecule has 28 heavy (non-hydrogen) atoms. The number of para-hydroxylation sites is 1. The molecular weight excluding hydrogens is 346 g/mol. The Labute approximate surface area is 160 Å². The van der Waals surface area contributed by atoms with Crippen molar-refractivity contribution in [3.63, 3.8) is 0 Å². The van der Waals surface area contributed by atoms with Gasteiger partial charge in [0.2, 0.25) is 0 Å².